The highest BCUT2D eigenvalue weighted by Gasteiger charge is 2.22. The lowest BCUT2D eigenvalue weighted by Gasteiger charge is -2.25. The second kappa shape index (κ2) is 6.68. The van der Waals surface area contributed by atoms with Crippen molar-refractivity contribution in [3.63, 3.8) is 0 Å². The summed E-state index contributed by atoms with van der Waals surface area (Å²) in [6.45, 7) is 5.00. The van der Waals surface area contributed by atoms with Gasteiger partial charge in [0.15, 0.2) is 0 Å². The SMILES string of the molecule is CCNC1CCCN(Cc2ncccn2)c2ccccc21. The highest BCUT2D eigenvalue weighted by molar-refractivity contribution is 5.55. The molecule has 2 aromatic rings. The summed E-state index contributed by atoms with van der Waals surface area (Å²) in [5.74, 6) is 0.884. The van der Waals surface area contributed by atoms with Crippen molar-refractivity contribution in [1.29, 1.82) is 0 Å². The van der Waals surface area contributed by atoms with Crippen LogP contribution in [0.2, 0.25) is 0 Å². The fraction of sp³-hybridized carbons (Fsp3) is 0.412. The Hall–Kier alpha value is -1.94. The largest absolute Gasteiger partial charge is 0.364 e. The lowest BCUT2D eigenvalue weighted by molar-refractivity contribution is 0.510. The van der Waals surface area contributed by atoms with E-state index in [1.165, 1.54) is 24.1 Å². The molecule has 0 fully saturated rings. The van der Waals surface area contributed by atoms with Gasteiger partial charge >= 0.3 is 0 Å². The van der Waals surface area contributed by atoms with E-state index in [0.29, 0.717) is 6.04 Å². The first-order valence-electron chi connectivity index (χ1n) is 7.71. The molecule has 4 heteroatoms. The van der Waals surface area contributed by atoms with Gasteiger partial charge in [-0.15, -0.1) is 0 Å². The number of benzene rings is 1. The van der Waals surface area contributed by atoms with Gasteiger partial charge < -0.3 is 10.2 Å². The molecule has 1 N–H and O–H groups in total. The van der Waals surface area contributed by atoms with Crippen LogP contribution >= 0.6 is 0 Å². The van der Waals surface area contributed by atoms with Crippen molar-refractivity contribution in [3.05, 3.63) is 54.1 Å². The zero-order valence-electron chi connectivity index (χ0n) is 12.5. The first kappa shape index (κ1) is 14.0. The summed E-state index contributed by atoms with van der Waals surface area (Å²) in [6.07, 6.45) is 5.98. The van der Waals surface area contributed by atoms with Crippen LogP contribution in [-0.4, -0.2) is 23.1 Å². The number of aromatic nitrogens is 2. The topological polar surface area (TPSA) is 41.0 Å². The standard InChI is InChI=1S/C17H22N4/c1-2-18-15-8-5-12-21(13-17-19-10-6-11-20-17)16-9-4-3-7-14(15)16/h3-4,6-7,9-11,15,18H,2,5,8,12-13H2,1H3. The maximum absolute atomic E-state index is 4.36. The fourth-order valence-corrected chi connectivity index (χ4v) is 3.04. The van der Waals surface area contributed by atoms with E-state index < -0.39 is 0 Å². The molecule has 110 valence electrons. The number of nitrogens with zero attached hydrogens (tertiary/aromatic N) is 3. The molecule has 1 aromatic carbocycles. The molecule has 0 aliphatic carbocycles. The number of hydrogen-bond donors (Lipinski definition) is 1. The Morgan fingerprint density at radius 3 is 2.81 bits per heavy atom. The number of rotatable bonds is 4. The average Bonchev–Trinajstić information content (AvgIpc) is 2.70. The molecule has 1 aromatic heterocycles. The molecular weight excluding hydrogens is 260 g/mol. The van der Waals surface area contributed by atoms with Crippen LogP contribution in [0.3, 0.4) is 0 Å². The third-order valence-electron chi connectivity index (χ3n) is 3.98. The molecule has 0 radical (unpaired) electrons. The van der Waals surface area contributed by atoms with Crippen molar-refractivity contribution in [3.8, 4) is 0 Å². The van der Waals surface area contributed by atoms with Crippen LogP contribution in [0, 0.1) is 0 Å². The van der Waals surface area contributed by atoms with Crippen molar-refractivity contribution in [2.75, 3.05) is 18.0 Å². The van der Waals surface area contributed by atoms with Gasteiger partial charge in [-0.05, 0) is 37.1 Å². The Morgan fingerprint density at radius 1 is 1.19 bits per heavy atom. The third kappa shape index (κ3) is 3.22. The van der Waals surface area contributed by atoms with Gasteiger partial charge in [0.2, 0.25) is 0 Å². The number of para-hydroxylation sites is 1. The predicted molar refractivity (Wildman–Crippen MR) is 85.2 cm³/mol. The summed E-state index contributed by atoms with van der Waals surface area (Å²) in [4.78, 5) is 11.1. The van der Waals surface area contributed by atoms with Gasteiger partial charge in [-0.3, -0.25) is 0 Å². The smallest absolute Gasteiger partial charge is 0.147 e. The van der Waals surface area contributed by atoms with E-state index in [2.05, 4.69) is 51.4 Å². The van der Waals surface area contributed by atoms with Gasteiger partial charge in [0.1, 0.15) is 5.82 Å². The normalized spacial score (nSPS) is 18.1. The van der Waals surface area contributed by atoms with Crippen LogP contribution in [0.4, 0.5) is 5.69 Å². The molecule has 0 saturated carbocycles. The van der Waals surface area contributed by atoms with Gasteiger partial charge in [-0.2, -0.15) is 0 Å². The van der Waals surface area contributed by atoms with Crippen LogP contribution in [0.1, 0.15) is 37.2 Å². The first-order valence-corrected chi connectivity index (χ1v) is 7.71. The summed E-state index contributed by atoms with van der Waals surface area (Å²) < 4.78 is 0. The lowest BCUT2D eigenvalue weighted by atomic mass is 10.0. The quantitative estimate of drug-likeness (QED) is 0.936. The molecular formula is C17H22N4. The molecule has 21 heavy (non-hydrogen) atoms. The summed E-state index contributed by atoms with van der Waals surface area (Å²) in [7, 11) is 0. The van der Waals surface area contributed by atoms with Crippen molar-refractivity contribution in [1.82, 2.24) is 15.3 Å². The predicted octanol–water partition coefficient (Wildman–Crippen LogP) is 2.93. The zero-order valence-corrected chi connectivity index (χ0v) is 12.5. The van der Waals surface area contributed by atoms with Gasteiger partial charge in [0, 0.05) is 30.7 Å². The maximum atomic E-state index is 4.36. The van der Waals surface area contributed by atoms with Crippen molar-refractivity contribution < 1.29 is 0 Å². The average molecular weight is 282 g/mol. The van der Waals surface area contributed by atoms with Crippen LogP contribution in [0.5, 0.6) is 0 Å². The molecule has 0 saturated heterocycles. The van der Waals surface area contributed by atoms with Crippen LogP contribution < -0.4 is 10.2 Å². The molecule has 1 aliphatic heterocycles. The number of anilines is 1. The fourth-order valence-electron chi connectivity index (χ4n) is 3.04. The van der Waals surface area contributed by atoms with E-state index in [9.17, 15) is 0 Å². The summed E-state index contributed by atoms with van der Waals surface area (Å²) >= 11 is 0. The van der Waals surface area contributed by atoms with E-state index >= 15 is 0 Å². The Kier molecular flexibility index (Phi) is 4.46. The minimum atomic E-state index is 0.452. The maximum Gasteiger partial charge on any atom is 0.147 e. The molecule has 2 heterocycles. The Bertz CT molecular complexity index is 570. The molecule has 0 amide bonds. The van der Waals surface area contributed by atoms with E-state index in [1.54, 1.807) is 0 Å². The molecule has 0 spiro atoms. The molecule has 4 nitrogen and oxygen atoms in total. The van der Waals surface area contributed by atoms with Gasteiger partial charge in [-0.1, -0.05) is 25.1 Å². The minimum Gasteiger partial charge on any atom is -0.364 e. The van der Waals surface area contributed by atoms with Gasteiger partial charge in [-0.25, -0.2) is 9.97 Å². The third-order valence-corrected chi connectivity index (χ3v) is 3.98. The van der Waals surface area contributed by atoms with E-state index in [4.69, 9.17) is 0 Å². The molecule has 0 bridgehead atoms. The number of hydrogen-bond acceptors (Lipinski definition) is 4. The van der Waals surface area contributed by atoms with Crippen LogP contribution in [0.25, 0.3) is 0 Å². The first-order chi connectivity index (χ1) is 10.4. The summed E-state index contributed by atoms with van der Waals surface area (Å²) in [6, 6.07) is 11.0. The Balaban J connectivity index is 1.89. The van der Waals surface area contributed by atoms with E-state index in [0.717, 1.165) is 25.5 Å². The monoisotopic (exact) mass is 282 g/mol. The second-order valence-corrected chi connectivity index (χ2v) is 5.40. The van der Waals surface area contributed by atoms with Crippen molar-refractivity contribution >= 4 is 5.69 Å². The van der Waals surface area contributed by atoms with E-state index in [-0.39, 0.29) is 0 Å². The van der Waals surface area contributed by atoms with Crippen LogP contribution in [0.15, 0.2) is 42.7 Å². The lowest BCUT2D eigenvalue weighted by Crippen LogP contribution is -2.25. The van der Waals surface area contributed by atoms with Crippen molar-refractivity contribution in [2.45, 2.75) is 32.4 Å². The van der Waals surface area contributed by atoms with Crippen molar-refractivity contribution in [2.24, 2.45) is 0 Å². The highest BCUT2D eigenvalue weighted by atomic mass is 15.2. The molecule has 1 aliphatic rings. The summed E-state index contributed by atoms with van der Waals surface area (Å²) in [5, 5.41) is 3.61. The Morgan fingerprint density at radius 2 is 2.00 bits per heavy atom. The molecule has 1 atom stereocenters. The van der Waals surface area contributed by atoms with E-state index in [1.807, 2.05) is 18.5 Å². The van der Waals surface area contributed by atoms with Crippen LogP contribution in [-0.2, 0) is 6.54 Å². The minimum absolute atomic E-state index is 0.452. The highest BCUT2D eigenvalue weighted by Crippen LogP contribution is 2.33. The van der Waals surface area contributed by atoms with Gasteiger partial charge in [0.05, 0.1) is 6.54 Å². The number of fused-ring (bicyclic) bond motifs is 1. The Labute approximate surface area is 126 Å². The number of nitrogens with one attached hydrogen (secondary N) is 1. The second-order valence-electron chi connectivity index (χ2n) is 5.40. The molecule has 3 rings (SSSR count). The van der Waals surface area contributed by atoms with Gasteiger partial charge in [0.25, 0.3) is 0 Å². The molecule has 1 unspecified atom stereocenters. The zero-order chi connectivity index (χ0) is 14.5. The summed E-state index contributed by atoms with van der Waals surface area (Å²) in [5.41, 5.74) is 2.71.